The topological polar surface area (TPSA) is 54.7 Å². The average molecular weight is 416 g/mol. The van der Waals surface area contributed by atoms with Gasteiger partial charge in [-0.05, 0) is 30.5 Å². The summed E-state index contributed by atoms with van der Waals surface area (Å²) in [5.41, 5.74) is 9.45. The number of nitrogens with zero attached hydrogens (tertiary/aromatic N) is 1. The Morgan fingerprint density at radius 1 is 1.00 bits per heavy atom. The van der Waals surface area contributed by atoms with Gasteiger partial charge in [-0.15, -0.1) is 0 Å². The Bertz CT molecular complexity index is 892. The second-order valence-electron chi connectivity index (χ2n) is 7.40. The van der Waals surface area contributed by atoms with Gasteiger partial charge >= 0.3 is 0 Å². The number of aromatic amines is 1. The van der Waals surface area contributed by atoms with Crippen molar-refractivity contribution in [2.45, 2.75) is 51.0 Å². The summed E-state index contributed by atoms with van der Waals surface area (Å²) in [4.78, 5) is 8.10. The van der Waals surface area contributed by atoms with Gasteiger partial charge in [0.15, 0.2) is 0 Å². The van der Waals surface area contributed by atoms with Crippen molar-refractivity contribution in [2.24, 2.45) is 5.73 Å². The largest absolute Gasteiger partial charge is 0.340 e. The van der Waals surface area contributed by atoms with Crippen LogP contribution in [0.1, 0.15) is 50.4 Å². The molecule has 0 radical (unpaired) electrons. The fourth-order valence-electron chi connectivity index (χ4n) is 3.50. The van der Waals surface area contributed by atoms with Gasteiger partial charge < -0.3 is 10.7 Å². The molecular formula is C23H27Cl2N3. The molecule has 3 N–H and O–H groups in total. The zero-order chi connectivity index (χ0) is 20.0. The molecule has 28 heavy (non-hydrogen) atoms. The Kier molecular flexibility index (Phi) is 7.17. The van der Waals surface area contributed by atoms with E-state index in [9.17, 15) is 0 Å². The third-order valence-electron chi connectivity index (χ3n) is 5.12. The lowest BCUT2D eigenvalue weighted by Gasteiger charge is -2.28. The monoisotopic (exact) mass is 415 g/mol. The van der Waals surface area contributed by atoms with E-state index in [0.717, 1.165) is 36.3 Å². The summed E-state index contributed by atoms with van der Waals surface area (Å²) in [6.45, 7) is 2.22. The van der Waals surface area contributed by atoms with Gasteiger partial charge in [0.25, 0.3) is 0 Å². The maximum atomic E-state index is 6.94. The van der Waals surface area contributed by atoms with Crippen LogP contribution in [0.3, 0.4) is 0 Å². The highest BCUT2D eigenvalue weighted by atomic mass is 35.5. The van der Waals surface area contributed by atoms with Crippen LogP contribution < -0.4 is 5.73 Å². The second-order valence-corrected chi connectivity index (χ2v) is 8.22. The lowest BCUT2D eigenvalue weighted by atomic mass is 9.85. The van der Waals surface area contributed by atoms with Crippen molar-refractivity contribution in [1.29, 1.82) is 0 Å². The number of nitrogens with two attached hydrogens (primary N) is 1. The minimum absolute atomic E-state index is 0.526. The molecule has 0 fully saturated rings. The van der Waals surface area contributed by atoms with Crippen molar-refractivity contribution < 1.29 is 0 Å². The molecule has 5 heteroatoms. The van der Waals surface area contributed by atoms with Crippen LogP contribution in [-0.4, -0.2) is 9.97 Å². The van der Waals surface area contributed by atoms with Crippen LogP contribution in [0, 0.1) is 0 Å². The molecule has 1 aromatic heterocycles. The lowest BCUT2D eigenvalue weighted by molar-refractivity contribution is 0.365. The van der Waals surface area contributed by atoms with Gasteiger partial charge in [0.2, 0.25) is 0 Å². The van der Waals surface area contributed by atoms with Gasteiger partial charge in [0.1, 0.15) is 5.82 Å². The van der Waals surface area contributed by atoms with Crippen LogP contribution in [0.25, 0.3) is 11.3 Å². The van der Waals surface area contributed by atoms with Crippen molar-refractivity contribution >= 4 is 23.2 Å². The number of aromatic nitrogens is 2. The van der Waals surface area contributed by atoms with Gasteiger partial charge in [-0.3, -0.25) is 0 Å². The summed E-state index contributed by atoms with van der Waals surface area (Å²) < 4.78 is 0. The predicted octanol–water partition coefficient (Wildman–Crippen LogP) is 6.75. The smallest absolute Gasteiger partial charge is 0.127 e. The zero-order valence-electron chi connectivity index (χ0n) is 16.2. The first-order chi connectivity index (χ1) is 13.5. The molecule has 0 spiro atoms. The lowest BCUT2D eigenvalue weighted by Crippen LogP contribution is -2.40. The fourth-order valence-corrected chi connectivity index (χ4v) is 3.80. The van der Waals surface area contributed by atoms with Crippen LogP contribution in [0.4, 0.5) is 0 Å². The molecule has 3 rings (SSSR count). The fraction of sp³-hybridized carbons (Fsp3) is 0.348. The summed E-state index contributed by atoms with van der Waals surface area (Å²) in [7, 11) is 0. The molecule has 0 aliphatic rings. The molecule has 2 aromatic carbocycles. The maximum Gasteiger partial charge on any atom is 0.127 e. The highest BCUT2D eigenvalue weighted by Crippen LogP contribution is 2.31. The van der Waals surface area contributed by atoms with Crippen molar-refractivity contribution in [3.63, 3.8) is 0 Å². The van der Waals surface area contributed by atoms with E-state index in [4.69, 9.17) is 28.9 Å². The van der Waals surface area contributed by atoms with E-state index in [1.165, 1.54) is 24.8 Å². The Balaban J connectivity index is 1.86. The summed E-state index contributed by atoms with van der Waals surface area (Å²) in [6.07, 6.45) is 8.16. The van der Waals surface area contributed by atoms with Gasteiger partial charge in [-0.25, -0.2) is 4.98 Å². The first-order valence-corrected chi connectivity index (χ1v) is 10.6. The molecule has 0 aliphatic heterocycles. The second kappa shape index (κ2) is 9.60. The molecule has 3 nitrogen and oxygen atoms in total. The minimum atomic E-state index is -0.538. The Morgan fingerprint density at radius 2 is 1.79 bits per heavy atom. The number of unbranched alkanes of at least 4 members (excludes halogenated alkanes) is 3. The summed E-state index contributed by atoms with van der Waals surface area (Å²) >= 11 is 12.2. The van der Waals surface area contributed by atoms with E-state index >= 15 is 0 Å². The number of hydrogen-bond donors (Lipinski definition) is 2. The Hall–Kier alpha value is -1.81. The van der Waals surface area contributed by atoms with Crippen molar-refractivity contribution in [3.05, 3.63) is 76.2 Å². The summed E-state index contributed by atoms with van der Waals surface area (Å²) in [5.74, 6) is 0.814. The zero-order valence-corrected chi connectivity index (χ0v) is 17.7. The van der Waals surface area contributed by atoms with Gasteiger partial charge in [0, 0.05) is 5.56 Å². The van der Waals surface area contributed by atoms with Gasteiger partial charge in [-0.2, -0.15) is 0 Å². The third kappa shape index (κ3) is 5.16. The van der Waals surface area contributed by atoms with Crippen molar-refractivity contribution in [1.82, 2.24) is 9.97 Å². The molecule has 148 valence electrons. The summed E-state index contributed by atoms with van der Waals surface area (Å²) in [6, 6.07) is 15.9. The van der Waals surface area contributed by atoms with E-state index in [0.29, 0.717) is 10.0 Å². The molecule has 1 unspecified atom stereocenters. The normalized spacial score (nSPS) is 13.4. The van der Waals surface area contributed by atoms with Crippen LogP contribution in [-0.2, 0) is 12.0 Å². The molecule has 0 bridgehead atoms. The molecule has 1 atom stereocenters. The molecular weight excluding hydrogens is 389 g/mol. The van der Waals surface area contributed by atoms with Crippen LogP contribution in [0.2, 0.25) is 10.0 Å². The number of halogens is 2. The highest BCUT2D eigenvalue weighted by molar-refractivity contribution is 6.42. The van der Waals surface area contributed by atoms with E-state index in [1.807, 2.05) is 24.4 Å². The molecule has 0 saturated heterocycles. The van der Waals surface area contributed by atoms with Gasteiger partial charge in [-0.1, -0.05) is 92.2 Å². The maximum absolute atomic E-state index is 6.94. The third-order valence-corrected chi connectivity index (χ3v) is 5.86. The number of rotatable bonds is 9. The van der Waals surface area contributed by atoms with Crippen molar-refractivity contribution in [2.75, 3.05) is 0 Å². The Labute approximate surface area is 177 Å². The number of hydrogen-bond acceptors (Lipinski definition) is 2. The van der Waals surface area contributed by atoms with E-state index in [1.54, 1.807) is 6.07 Å². The van der Waals surface area contributed by atoms with Gasteiger partial charge in [0.05, 0.1) is 27.5 Å². The van der Waals surface area contributed by atoms with Crippen LogP contribution in [0.15, 0.2) is 54.7 Å². The SMILES string of the molecule is CCCCCCC(N)(Cc1ccccc1)c1ncc(-c2ccc(Cl)c(Cl)c2)[nH]1. The molecule has 0 aliphatic carbocycles. The molecule has 1 heterocycles. The van der Waals surface area contributed by atoms with E-state index in [-0.39, 0.29) is 0 Å². The average Bonchev–Trinajstić information content (AvgIpc) is 3.19. The summed E-state index contributed by atoms with van der Waals surface area (Å²) in [5, 5.41) is 1.07. The minimum Gasteiger partial charge on any atom is -0.340 e. The predicted molar refractivity (Wildman–Crippen MR) is 119 cm³/mol. The van der Waals surface area contributed by atoms with Crippen LogP contribution in [0.5, 0.6) is 0 Å². The molecule has 0 amide bonds. The molecule has 0 saturated carbocycles. The van der Waals surface area contributed by atoms with E-state index in [2.05, 4.69) is 41.2 Å². The Morgan fingerprint density at radius 3 is 2.50 bits per heavy atom. The molecule has 3 aromatic rings. The first-order valence-electron chi connectivity index (χ1n) is 9.85. The van der Waals surface area contributed by atoms with Crippen molar-refractivity contribution in [3.8, 4) is 11.3 Å². The quantitative estimate of drug-likeness (QED) is 0.379. The number of nitrogens with one attached hydrogen (secondary N) is 1. The number of benzene rings is 2. The standard InChI is InChI=1S/C23H27Cl2N3/c1-2-3-4-8-13-23(26,15-17-9-6-5-7-10-17)22-27-16-21(28-22)18-11-12-19(24)20(25)14-18/h5-7,9-12,14,16H,2-4,8,13,15,26H2,1H3,(H,27,28). The van der Waals surface area contributed by atoms with E-state index < -0.39 is 5.54 Å². The highest BCUT2D eigenvalue weighted by Gasteiger charge is 2.30. The number of H-pyrrole nitrogens is 1. The van der Waals surface area contributed by atoms with Crippen LogP contribution >= 0.6 is 23.2 Å². The first kappa shape index (κ1) is 20.9. The number of imidazole rings is 1.